The molecular weight excluding hydrogens is 250 g/mol. The number of rotatable bonds is 5. The SMILES string of the molecule is O[C@]1(CNCCN2CCCc3ccccc32)CCNC1. The van der Waals surface area contributed by atoms with E-state index in [9.17, 15) is 5.11 Å². The second-order valence-corrected chi connectivity index (χ2v) is 6.05. The van der Waals surface area contributed by atoms with Gasteiger partial charge in [0.2, 0.25) is 0 Å². The number of nitrogens with zero attached hydrogens (tertiary/aromatic N) is 1. The maximum Gasteiger partial charge on any atom is 0.0907 e. The molecule has 1 aromatic rings. The Balaban J connectivity index is 1.47. The predicted octanol–water partition coefficient (Wildman–Crippen LogP) is 0.753. The average Bonchev–Trinajstić information content (AvgIpc) is 2.91. The molecule has 1 saturated heterocycles. The van der Waals surface area contributed by atoms with Gasteiger partial charge in [-0.05, 0) is 37.4 Å². The number of β-amino-alcohol motifs (C(OH)–C–C–N with tert-alkyl or cyclic N) is 1. The standard InChI is InChI=1S/C16H25N3O/c20-16(7-8-17-12-16)13-18-9-11-19-10-3-5-14-4-1-2-6-15(14)19/h1-2,4,6,17-18,20H,3,5,7-13H2/t16-/m1/s1. The molecule has 1 fully saturated rings. The van der Waals surface area contributed by atoms with Crippen LogP contribution in [0.25, 0.3) is 0 Å². The summed E-state index contributed by atoms with van der Waals surface area (Å²) in [5.74, 6) is 0. The lowest BCUT2D eigenvalue weighted by molar-refractivity contribution is 0.0616. The summed E-state index contributed by atoms with van der Waals surface area (Å²) in [5.41, 5.74) is 2.32. The number of nitrogens with one attached hydrogen (secondary N) is 2. The number of hydrogen-bond donors (Lipinski definition) is 3. The largest absolute Gasteiger partial charge is 0.387 e. The van der Waals surface area contributed by atoms with Crippen molar-refractivity contribution in [2.24, 2.45) is 0 Å². The van der Waals surface area contributed by atoms with E-state index in [1.807, 2.05) is 0 Å². The van der Waals surface area contributed by atoms with Gasteiger partial charge < -0.3 is 20.6 Å². The first-order valence-electron chi connectivity index (χ1n) is 7.74. The summed E-state index contributed by atoms with van der Waals surface area (Å²) >= 11 is 0. The monoisotopic (exact) mass is 275 g/mol. The zero-order chi connectivity index (χ0) is 13.8. The zero-order valence-electron chi connectivity index (χ0n) is 12.1. The van der Waals surface area contributed by atoms with Crippen LogP contribution in [0.5, 0.6) is 0 Å². The molecule has 2 aliphatic rings. The van der Waals surface area contributed by atoms with E-state index in [0.29, 0.717) is 13.1 Å². The van der Waals surface area contributed by atoms with Gasteiger partial charge in [-0.15, -0.1) is 0 Å². The summed E-state index contributed by atoms with van der Waals surface area (Å²) in [6.07, 6.45) is 3.29. The summed E-state index contributed by atoms with van der Waals surface area (Å²) in [6, 6.07) is 8.71. The molecule has 3 rings (SSSR count). The van der Waals surface area contributed by atoms with Crippen LogP contribution < -0.4 is 15.5 Å². The van der Waals surface area contributed by atoms with Crippen LogP contribution in [0.1, 0.15) is 18.4 Å². The lowest BCUT2D eigenvalue weighted by atomic mass is 10.0. The highest BCUT2D eigenvalue weighted by molar-refractivity contribution is 5.55. The molecule has 0 aromatic heterocycles. The molecule has 1 aromatic carbocycles. The van der Waals surface area contributed by atoms with Crippen LogP contribution in [0, 0.1) is 0 Å². The Labute approximate surface area is 121 Å². The second-order valence-electron chi connectivity index (χ2n) is 6.05. The maximum absolute atomic E-state index is 10.2. The molecular formula is C16H25N3O. The Hall–Kier alpha value is -1.10. The predicted molar refractivity (Wildman–Crippen MR) is 82.3 cm³/mol. The van der Waals surface area contributed by atoms with E-state index in [2.05, 4.69) is 39.8 Å². The lowest BCUT2D eigenvalue weighted by Crippen LogP contribution is -2.45. The molecule has 0 bridgehead atoms. The number of aryl methyl sites for hydroxylation is 1. The van der Waals surface area contributed by atoms with Gasteiger partial charge in [0.15, 0.2) is 0 Å². The topological polar surface area (TPSA) is 47.5 Å². The fraction of sp³-hybridized carbons (Fsp3) is 0.625. The van der Waals surface area contributed by atoms with E-state index in [1.165, 1.54) is 24.1 Å². The smallest absolute Gasteiger partial charge is 0.0907 e. The van der Waals surface area contributed by atoms with Gasteiger partial charge in [-0.3, -0.25) is 0 Å². The van der Waals surface area contributed by atoms with Crippen molar-refractivity contribution in [3.63, 3.8) is 0 Å². The van der Waals surface area contributed by atoms with E-state index in [-0.39, 0.29) is 0 Å². The summed E-state index contributed by atoms with van der Waals surface area (Å²) in [6.45, 7) is 5.42. The molecule has 0 saturated carbocycles. The van der Waals surface area contributed by atoms with Gasteiger partial charge >= 0.3 is 0 Å². The zero-order valence-corrected chi connectivity index (χ0v) is 12.1. The number of anilines is 1. The minimum Gasteiger partial charge on any atom is -0.387 e. The van der Waals surface area contributed by atoms with Crippen molar-refractivity contribution < 1.29 is 5.11 Å². The number of para-hydroxylation sites is 1. The van der Waals surface area contributed by atoms with Crippen molar-refractivity contribution >= 4 is 5.69 Å². The van der Waals surface area contributed by atoms with Crippen LogP contribution in [0.15, 0.2) is 24.3 Å². The normalized spacial score (nSPS) is 25.8. The van der Waals surface area contributed by atoms with Gasteiger partial charge in [-0.2, -0.15) is 0 Å². The molecule has 0 amide bonds. The van der Waals surface area contributed by atoms with Crippen molar-refractivity contribution in [1.82, 2.24) is 10.6 Å². The third-order valence-corrected chi connectivity index (χ3v) is 4.44. The first-order valence-corrected chi connectivity index (χ1v) is 7.74. The lowest BCUT2D eigenvalue weighted by Gasteiger charge is -2.32. The van der Waals surface area contributed by atoms with Gasteiger partial charge in [-0.25, -0.2) is 0 Å². The highest BCUT2D eigenvalue weighted by Gasteiger charge is 2.30. The molecule has 4 heteroatoms. The van der Waals surface area contributed by atoms with Crippen molar-refractivity contribution in [3.8, 4) is 0 Å². The molecule has 20 heavy (non-hydrogen) atoms. The molecule has 0 aliphatic carbocycles. The van der Waals surface area contributed by atoms with Gasteiger partial charge in [0.1, 0.15) is 0 Å². The second kappa shape index (κ2) is 6.12. The minimum atomic E-state index is -0.542. The Morgan fingerprint density at radius 2 is 2.25 bits per heavy atom. The Kier molecular flexibility index (Phi) is 4.24. The molecule has 0 unspecified atom stereocenters. The van der Waals surface area contributed by atoms with Crippen LogP contribution in [0.4, 0.5) is 5.69 Å². The summed E-state index contributed by atoms with van der Waals surface area (Å²) in [4.78, 5) is 2.46. The summed E-state index contributed by atoms with van der Waals surface area (Å²) in [5, 5.41) is 16.9. The Bertz CT molecular complexity index is 443. The third kappa shape index (κ3) is 3.14. The summed E-state index contributed by atoms with van der Waals surface area (Å²) < 4.78 is 0. The highest BCUT2D eigenvalue weighted by Crippen LogP contribution is 2.26. The first-order chi connectivity index (χ1) is 9.77. The first kappa shape index (κ1) is 13.9. The molecule has 2 aliphatic heterocycles. The van der Waals surface area contributed by atoms with Crippen LogP contribution >= 0.6 is 0 Å². The molecule has 1 atom stereocenters. The fourth-order valence-corrected chi connectivity index (χ4v) is 3.26. The molecule has 0 radical (unpaired) electrons. The van der Waals surface area contributed by atoms with Crippen molar-refractivity contribution in [2.75, 3.05) is 44.2 Å². The number of fused-ring (bicyclic) bond motifs is 1. The summed E-state index contributed by atoms with van der Waals surface area (Å²) in [7, 11) is 0. The number of hydrogen-bond acceptors (Lipinski definition) is 4. The number of aliphatic hydroxyl groups is 1. The molecule has 3 N–H and O–H groups in total. The maximum atomic E-state index is 10.2. The van der Waals surface area contributed by atoms with Gasteiger partial charge in [0.05, 0.1) is 5.60 Å². The van der Waals surface area contributed by atoms with Crippen LogP contribution in [-0.2, 0) is 6.42 Å². The van der Waals surface area contributed by atoms with Gasteiger partial charge in [0.25, 0.3) is 0 Å². The van der Waals surface area contributed by atoms with Gasteiger partial charge in [-0.1, -0.05) is 18.2 Å². The molecule has 2 heterocycles. The van der Waals surface area contributed by atoms with E-state index in [1.54, 1.807) is 0 Å². The van der Waals surface area contributed by atoms with Crippen molar-refractivity contribution in [2.45, 2.75) is 24.9 Å². The van der Waals surface area contributed by atoms with Crippen LogP contribution in [-0.4, -0.2) is 50.0 Å². The van der Waals surface area contributed by atoms with Crippen molar-refractivity contribution in [1.29, 1.82) is 0 Å². The van der Waals surface area contributed by atoms with E-state index in [4.69, 9.17) is 0 Å². The molecule has 4 nitrogen and oxygen atoms in total. The van der Waals surface area contributed by atoms with E-state index in [0.717, 1.165) is 32.6 Å². The average molecular weight is 275 g/mol. The third-order valence-electron chi connectivity index (χ3n) is 4.44. The quantitative estimate of drug-likeness (QED) is 0.694. The number of benzene rings is 1. The van der Waals surface area contributed by atoms with Crippen LogP contribution in [0.3, 0.4) is 0 Å². The highest BCUT2D eigenvalue weighted by atomic mass is 16.3. The molecule has 110 valence electrons. The Morgan fingerprint density at radius 1 is 1.35 bits per heavy atom. The van der Waals surface area contributed by atoms with Crippen LogP contribution in [0.2, 0.25) is 0 Å². The van der Waals surface area contributed by atoms with E-state index < -0.39 is 5.60 Å². The van der Waals surface area contributed by atoms with Crippen molar-refractivity contribution in [3.05, 3.63) is 29.8 Å². The van der Waals surface area contributed by atoms with E-state index >= 15 is 0 Å². The molecule has 0 spiro atoms. The minimum absolute atomic E-state index is 0.542. The van der Waals surface area contributed by atoms with Gasteiger partial charge in [0, 0.05) is 38.4 Å². The Morgan fingerprint density at radius 3 is 3.10 bits per heavy atom. The fourth-order valence-electron chi connectivity index (χ4n) is 3.26.